The van der Waals surface area contributed by atoms with Gasteiger partial charge in [0.2, 0.25) is 12.0 Å². The fourth-order valence-electron chi connectivity index (χ4n) is 8.89. The smallest absolute Gasteiger partial charge is 0.317 e. The average molecular weight is 758 g/mol. The molecule has 0 amide bonds. The number of hydrogen-bond acceptors (Lipinski definition) is 15. The first-order chi connectivity index (χ1) is 26.5. The van der Waals surface area contributed by atoms with E-state index in [0.717, 1.165) is 32.8 Å². The van der Waals surface area contributed by atoms with Crippen molar-refractivity contribution in [2.45, 2.75) is 73.3 Å². The number of nitrogens with one attached hydrogen (secondary N) is 1. The van der Waals surface area contributed by atoms with Gasteiger partial charge < -0.3 is 64.6 Å². The van der Waals surface area contributed by atoms with Crippen molar-refractivity contribution in [2.75, 3.05) is 27.4 Å². The molecule has 1 saturated heterocycles. The van der Waals surface area contributed by atoms with Gasteiger partial charge in [-0.05, 0) is 48.4 Å². The van der Waals surface area contributed by atoms with Crippen LogP contribution >= 0.6 is 0 Å². The number of aliphatic hydroxyl groups is 3. The number of esters is 1. The summed E-state index contributed by atoms with van der Waals surface area (Å²) in [5.74, 6) is -0.532. The maximum absolute atomic E-state index is 12.6. The number of rotatable bonds is 6. The topological polar surface area (TPSA) is 230 Å². The highest BCUT2D eigenvalue weighted by Crippen LogP contribution is 2.59. The molecule has 0 saturated carbocycles. The molecule has 6 aliphatic rings. The molecule has 0 aliphatic carbocycles. The number of nitrogens with two attached hydrogens (primary N) is 1. The van der Waals surface area contributed by atoms with Crippen molar-refractivity contribution in [3.05, 3.63) is 87.6 Å². The number of nitrogens with zero attached hydrogens (tertiary/aromatic N) is 1. The Bertz CT molecular complexity index is 2280. The van der Waals surface area contributed by atoms with Crippen molar-refractivity contribution < 1.29 is 63.2 Å². The molecule has 0 radical (unpaired) electrons. The van der Waals surface area contributed by atoms with Gasteiger partial charge >= 0.3 is 11.9 Å². The Morgan fingerprint density at radius 3 is 2.67 bits per heavy atom. The molecule has 9 atom stereocenters. The van der Waals surface area contributed by atoms with E-state index in [1.165, 1.54) is 12.3 Å². The first kappa shape index (κ1) is 35.3. The minimum absolute atomic E-state index is 0.143. The number of hydrogen-bond donors (Lipinski definition) is 6. The molecule has 9 rings (SSSR count). The fraction of sp³-hybridized carbons (Fsp3) is 0.410. The molecular formula is C39H39N3O13. The van der Waals surface area contributed by atoms with Crippen molar-refractivity contribution in [3.8, 4) is 28.7 Å². The van der Waals surface area contributed by atoms with Crippen LogP contribution in [0.3, 0.4) is 0 Å². The van der Waals surface area contributed by atoms with E-state index in [4.69, 9.17) is 43.9 Å². The highest BCUT2D eigenvalue weighted by molar-refractivity contribution is 5.90. The van der Waals surface area contributed by atoms with E-state index in [1.807, 2.05) is 36.4 Å². The molecule has 1 spiro atoms. The number of aliphatic carboxylic acids is 1. The lowest BCUT2D eigenvalue weighted by molar-refractivity contribution is -0.354. The van der Waals surface area contributed by atoms with Gasteiger partial charge in [0.25, 0.3) is 0 Å². The van der Waals surface area contributed by atoms with Crippen molar-refractivity contribution in [2.24, 2.45) is 10.7 Å². The van der Waals surface area contributed by atoms with Gasteiger partial charge in [0.1, 0.15) is 42.4 Å². The van der Waals surface area contributed by atoms with Gasteiger partial charge in [0.15, 0.2) is 28.8 Å². The van der Waals surface area contributed by atoms with Crippen molar-refractivity contribution in [3.63, 3.8) is 0 Å². The predicted molar refractivity (Wildman–Crippen MR) is 188 cm³/mol. The third-order valence-electron chi connectivity index (χ3n) is 11.5. The third kappa shape index (κ3) is 5.19. The van der Waals surface area contributed by atoms with Gasteiger partial charge in [-0.1, -0.05) is 24.3 Å². The maximum atomic E-state index is 12.6. The summed E-state index contributed by atoms with van der Waals surface area (Å²) in [4.78, 5) is 28.7. The summed E-state index contributed by atoms with van der Waals surface area (Å²) in [5.41, 5.74) is 5.97. The second-order valence-corrected chi connectivity index (χ2v) is 14.4. The lowest BCUT2D eigenvalue weighted by atomic mass is 9.73. The summed E-state index contributed by atoms with van der Waals surface area (Å²) in [6, 6.07) is 13.3. The van der Waals surface area contributed by atoms with Crippen LogP contribution in [0.15, 0.2) is 59.7 Å². The molecule has 3 aromatic rings. The van der Waals surface area contributed by atoms with Gasteiger partial charge in [-0.25, -0.2) is 0 Å². The summed E-state index contributed by atoms with van der Waals surface area (Å²) < 4.78 is 43.1. The minimum atomic E-state index is -2.20. The Kier molecular flexibility index (Phi) is 8.25. The molecule has 9 unspecified atom stereocenters. The highest BCUT2D eigenvalue weighted by Gasteiger charge is 2.66. The van der Waals surface area contributed by atoms with E-state index in [-0.39, 0.29) is 31.1 Å². The lowest BCUT2D eigenvalue weighted by Gasteiger charge is -2.55. The van der Waals surface area contributed by atoms with Crippen LogP contribution in [0.2, 0.25) is 0 Å². The monoisotopic (exact) mass is 757 g/mol. The average Bonchev–Trinajstić information content (AvgIpc) is 3.73. The molecule has 7 N–H and O–H groups in total. The zero-order chi connectivity index (χ0) is 38.4. The number of carbonyl (C=O) groups is 2. The summed E-state index contributed by atoms with van der Waals surface area (Å²) >= 11 is 0. The normalized spacial score (nSPS) is 32.0. The molecular weight excluding hydrogens is 718 g/mol. The zero-order valence-corrected chi connectivity index (χ0v) is 29.8. The number of ether oxygens (including phenoxy) is 7. The molecule has 1 fully saturated rings. The van der Waals surface area contributed by atoms with E-state index in [1.54, 1.807) is 20.3 Å². The number of methoxy groups -OCH3 is 2. The lowest BCUT2D eigenvalue weighted by Crippen LogP contribution is -2.77. The van der Waals surface area contributed by atoms with Crippen LogP contribution in [0.5, 0.6) is 28.7 Å². The first-order valence-corrected chi connectivity index (χ1v) is 17.9. The van der Waals surface area contributed by atoms with Crippen molar-refractivity contribution in [1.29, 1.82) is 0 Å². The molecule has 0 aromatic heterocycles. The minimum Gasteiger partial charge on any atom is -0.493 e. The second-order valence-electron chi connectivity index (χ2n) is 14.4. The third-order valence-corrected chi connectivity index (χ3v) is 11.5. The van der Waals surface area contributed by atoms with E-state index < -0.39 is 66.4 Å². The fourth-order valence-corrected chi connectivity index (χ4v) is 8.89. The number of fused-ring (bicyclic) bond motifs is 8. The van der Waals surface area contributed by atoms with Crippen LogP contribution in [0.4, 0.5) is 0 Å². The van der Waals surface area contributed by atoms with Crippen LogP contribution in [0.25, 0.3) is 5.57 Å². The van der Waals surface area contributed by atoms with E-state index in [9.17, 15) is 30.0 Å². The van der Waals surface area contributed by atoms with Crippen LogP contribution in [0.1, 0.15) is 47.1 Å². The van der Waals surface area contributed by atoms with Crippen LogP contribution in [-0.2, 0) is 25.5 Å². The zero-order valence-electron chi connectivity index (χ0n) is 29.8. The molecule has 3 aromatic carbocycles. The van der Waals surface area contributed by atoms with Gasteiger partial charge in [-0.15, -0.1) is 0 Å². The van der Waals surface area contributed by atoms with E-state index in [2.05, 4.69) is 5.32 Å². The standard InChI is InChI=1S/C39H39N3O13/c1-49-23-8-7-18-21-16-51-25-13-24-19(28(20-15-42-22-6-4-3-5-17(20)22)29(25)30(21)54-31(18)32(23)50-2)9-10-38(48)33(46)34(47)39(55-37(38)52-24)11-12-41-36(40)35(39)53-27(45)14-26(43)44/h3-8,11-13,21,30,33-37,41,46-48H,9-10,14-16,40H2,1-2H3,(H,43,44). The Hall–Kier alpha value is -5.39. The number of carboxylic acids is 1. The number of para-hydroxylation sites is 1. The van der Waals surface area contributed by atoms with Crippen molar-refractivity contribution in [1.82, 2.24) is 5.32 Å². The SMILES string of the molecule is COc1ccc2c(c1OC)OC1c3c(cc4c(c3C3=c5ccccc5=NC3)CCC3(O)C(O4)OC4(C=CNC(N)C4OC(=O)CC(=O)O)C(O)C3O)OCC21. The van der Waals surface area contributed by atoms with Gasteiger partial charge in [-0.3, -0.25) is 14.6 Å². The Morgan fingerprint density at radius 1 is 1.07 bits per heavy atom. The molecule has 0 bridgehead atoms. The number of carbonyl (C=O) groups excluding carboxylic acids is 1. The van der Waals surface area contributed by atoms with E-state index >= 15 is 0 Å². The largest absolute Gasteiger partial charge is 0.493 e. The second kappa shape index (κ2) is 12.8. The molecule has 16 heteroatoms. The molecule has 55 heavy (non-hydrogen) atoms. The van der Waals surface area contributed by atoms with Gasteiger partial charge in [0, 0.05) is 28.0 Å². The van der Waals surface area contributed by atoms with E-state index in [0.29, 0.717) is 35.1 Å². The number of carboxylic acid groups (broad SMARTS) is 1. The maximum Gasteiger partial charge on any atom is 0.317 e. The number of aliphatic hydroxyl groups excluding tert-OH is 2. The summed E-state index contributed by atoms with van der Waals surface area (Å²) in [5, 5.41) is 49.5. The van der Waals surface area contributed by atoms with Gasteiger partial charge in [0.05, 0.1) is 38.6 Å². The number of benzene rings is 3. The Labute approximate surface area is 313 Å². The molecule has 6 aliphatic heterocycles. The summed E-state index contributed by atoms with van der Waals surface area (Å²) in [6.07, 6.45) is -7.07. The Morgan fingerprint density at radius 2 is 1.89 bits per heavy atom. The molecule has 288 valence electrons. The van der Waals surface area contributed by atoms with Crippen LogP contribution in [0, 0.1) is 0 Å². The first-order valence-electron chi connectivity index (χ1n) is 17.9. The van der Waals surface area contributed by atoms with Crippen molar-refractivity contribution >= 4 is 17.5 Å². The quantitative estimate of drug-likeness (QED) is 0.141. The molecule has 6 heterocycles. The summed E-state index contributed by atoms with van der Waals surface area (Å²) in [6.45, 7) is 0.586. The highest BCUT2D eigenvalue weighted by atomic mass is 16.7. The van der Waals surface area contributed by atoms with Gasteiger partial charge in [-0.2, -0.15) is 0 Å². The summed E-state index contributed by atoms with van der Waals surface area (Å²) in [7, 11) is 3.12. The van der Waals surface area contributed by atoms with Crippen LogP contribution < -0.4 is 45.3 Å². The van der Waals surface area contributed by atoms with Crippen LogP contribution in [-0.4, -0.2) is 102 Å². The Balaban J connectivity index is 1.19. The molecule has 16 nitrogen and oxygen atoms in total. The predicted octanol–water partition coefficient (Wildman–Crippen LogP) is -0.193.